The lowest BCUT2D eigenvalue weighted by molar-refractivity contribution is 0.0389. The number of allylic oxidation sites excluding steroid dienone is 1. The summed E-state index contributed by atoms with van der Waals surface area (Å²) in [7, 11) is 0. The van der Waals surface area contributed by atoms with Gasteiger partial charge in [0.15, 0.2) is 5.11 Å². The molecule has 1 heterocycles. The van der Waals surface area contributed by atoms with Gasteiger partial charge in [-0.25, -0.2) is 0 Å². The maximum absolute atomic E-state index is 5.30. The normalized spacial score (nSPS) is 16.4. The van der Waals surface area contributed by atoms with Gasteiger partial charge in [0, 0.05) is 32.7 Å². The first-order chi connectivity index (χ1) is 8.18. The molecule has 2 N–H and O–H groups in total. The second-order valence-corrected chi connectivity index (χ2v) is 4.78. The summed E-state index contributed by atoms with van der Waals surface area (Å²) in [5, 5.41) is 7.10. The molecule has 0 atom stereocenters. The van der Waals surface area contributed by atoms with Crippen LogP contribution in [-0.2, 0) is 4.74 Å². The number of ether oxygens (including phenoxy) is 1. The van der Waals surface area contributed by atoms with Gasteiger partial charge in [-0.05, 0) is 26.1 Å². The molecule has 5 heteroatoms. The monoisotopic (exact) mass is 257 g/mol. The van der Waals surface area contributed by atoms with E-state index in [0.717, 1.165) is 51.0 Å². The molecule has 0 spiro atoms. The minimum atomic E-state index is 0.732. The summed E-state index contributed by atoms with van der Waals surface area (Å²) >= 11 is 5.18. The molecule has 98 valence electrons. The molecule has 0 aromatic carbocycles. The van der Waals surface area contributed by atoms with E-state index in [-0.39, 0.29) is 0 Å². The molecule has 4 nitrogen and oxygen atoms in total. The van der Waals surface area contributed by atoms with Crippen LogP contribution < -0.4 is 10.6 Å². The first-order valence-electron chi connectivity index (χ1n) is 6.13. The molecule has 1 rings (SSSR count). The SMILES string of the molecule is CC(C)=CCNC(=S)NCCN1CCOCC1. The lowest BCUT2D eigenvalue weighted by atomic mass is 10.3. The number of rotatable bonds is 5. The predicted molar refractivity (Wildman–Crippen MR) is 75.3 cm³/mol. The van der Waals surface area contributed by atoms with Crippen LogP contribution in [0.15, 0.2) is 11.6 Å². The van der Waals surface area contributed by atoms with Crippen molar-refractivity contribution in [3.05, 3.63) is 11.6 Å². The summed E-state index contributed by atoms with van der Waals surface area (Å²) in [6.45, 7) is 10.6. The standard InChI is InChI=1S/C12H23N3OS/c1-11(2)3-4-13-12(17)14-5-6-15-7-9-16-10-8-15/h3H,4-10H2,1-2H3,(H2,13,14,17). The molecule has 1 aliphatic rings. The molecule has 1 aliphatic heterocycles. The molecule has 0 unspecified atom stereocenters. The highest BCUT2D eigenvalue weighted by Crippen LogP contribution is 1.94. The van der Waals surface area contributed by atoms with Crippen LogP contribution in [0.1, 0.15) is 13.8 Å². The molecule has 1 saturated heterocycles. The fourth-order valence-electron chi connectivity index (χ4n) is 1.56. The van der Waals surface area contributed by atoms with Crippen LogP contribution >= 0.6 is 12.2 Å². The largest absolute Gasteiger partial charge is 0.379 e. The molecule has 0 aromatic rings. The summed E-state index contributed by atoms with van der Waals surface area (Å²) in [4.78, 5) is 2.38. The van der Waals surface area contributed by atoms with E-state index >= 15 is 0 Å². The van der Waals surface area contributed by atoms with Crippen LogP contribution in [0.25, 0.3) is 0 Å². The summed E-state index contributed by atoms with van der Waals surface area (Å²) in [5.74, 6) is 0. The van der Waals surface area contributed by atoms with E-state index in [9.17, 15) is 0 Å². The maximum Gasteiger partial charge on any atom is 0.166 e. The highest BCUT2D eigenvalue weighted by molar-refractivity contribution is 7.80. The van der Waals surface area contributed by atoms with E-state index in [1.807, 2.05) is 0 Å². The van der Waals surface area contributed by atoms with Crippen LogP contribution in [0.3, 0.4) is 0 Å². The summed E-state index contributed by atoms with van der Waals surface area (Å²) in [6.07, 6.45) is 2.12. The van der Waals surface area contributed by atoms with Crippen molar-refractivity contribution in [2.45, 2.75) is 13.8 Å². The Bertz CT molecular complexity index is 258. The Kier molecular flexibility index (Phi) is 7.16. The molecule has 0 aliphatic carbocycles. The van der Waals surface area contributed by atoms with E-state index in [1.165, 1.54) is 5.57 Å². The molecule has 0 bridgehead atoms. The summed E-state index contributed by atoms with van der Waals surface area (Å²) < 4.78 is 5.30. The van der Waals surface area contributed by atoms with Crippen molar-refractivity contribution < 1.29 is 4.74 Å². The zero-order valence-corrected chi connectivity index (χ0v) is 11.6. The van der Waals surface area contributed by atoms with Crippen molar-refractivity contribution >= 4 is 17.3 Å². The van der Waals surface area contributed by atoms with Gasteiger partial charge in [-0.3, -0.25) is 4.90 Å². The van der Waals surface area contributed by atoms with Crippen molar-refractivity contribution in [1.29, 1.82) is 0 Å². The summed E-state index contributed by atoms with van der Waals surface area (Å²) in [6, 6.07) is 0. The molecule has 0 saturated carbocycles. The van der Waals surface area contributed by atoms with Gasteiger partial charge >= 0.3 is 0 Å². The average Bonchev–Trinajstić information content (AvgIpc) is 2.30. The Morgan fingerprint density at radius 1 is 1.29 bits per heavy atom. The number of nitrogens with one attached hydrogen (secondary N) is 2. The van der Waals surface area contributed by atoms with Crippen LogP contribution in [0, 0.1) is 0 Å². The van der Waals surface area contributed by atoms with E-state index < -0.39 is 0 Å². The smallest absolute Gasteiger partial charge is 0.166 e. The first-order valence-corrected chi connectivity index (χ1v) is 6.54. The molecule has 0 radical (unpaired) electrons. The molecule has 0 aromatic heterocycles. The number of nitrogens with zero attached hydrogens (tertiary/aromatic N) is 1. The van der Waals surface area contributed by atoms with Crippen molar-refractivity contribution in [2.75, 3.05) is 45.9 Å². The Labute approximate surface area is 109 Å². The van der Waals surface area contributed by atoms with Gasteiger partial charge in [0.2, 0.25) is 0 Å². The molecular weight excluding hydrogens is 234 g/mol. The number of thiocarbonyl (C=S) groups is 1. The van der Waals surface area contributed by atoms with Crippen LogP contribution in [-0.4, -0.2) is 55.9 Å². The Morgan fingerprint density at radius 2 is 2.00 bits per heavy atom. The topological polar surface area (TPSA) is 36.5 Å². The molecule has 17 heavy (non-hydrogen) atoms. The van der Waals surface area contributed by atoms with Gasteiger partial charge in [0.1, 0.15) is 0 Å². The van der Waals surface area contributed by atoms with E-state index in [0.29, 0.717) is 0 Å². The van der Waals surface area contributed by atoms with E-state index in [1.54, 1.807) is 0 Å². The second kappa shape index (κ2) is 8.44. The second-order valence-electron chi connectivity index (χ2n) is 4.37. The highest BCUT2D eigenvalue weighted by Gasteiger charge is 2.09. The van der Waals surface area contributed by atoms with Crippen molar-refractivity contribution in [3.63, 3.8) is 0 Å². The zero-order chi connectivity index (χ0) is 12.5. The number of hydrogen-bond acceptors (Lipinski definition) is 3. The van der Waals surface area contributed by atoms with E-state index in [4.69, 9.17) is 17.0 Å². The molecule has 0 amide bonds. The van der Waals surface area contributed by atoms with Crippen molar-refractivity contribution in [2.24, 2.45) is 0 Å². The number of morpholine rings is 1. The Balaban J connectivity index is 2.01. The third kappa shape index (κ3) is 7.31. The van der Waals surface area contributed by atoms with Crippen LogP contribution in [0.4, 0.5) is 0 Å². The quantitative estimate of drug-likeness (QED) is 0.561. The lowest BCUT2D eigenvalue weighted by Crippen LogP contribution is -2.43. The molecular formula is C12H23N3OS. The summed E-state index contributed by atoms with van der Waals surface area (Å²) in [5.41, 5.74) is 1.30. The van der Waals surface area contributed by atoms with Crippen molar-refractivity contribution in [3.8, 4) is 0 Å². The Morgan fingerprint density at radius 3 is 2.65 bits per heavy atom. The minimum Gasteiger partial charge on any atom is -0.379 e. The van der Waals surface area contributed by atoms with Gasteiger partial charge in [-0.15, -0.1) is 0 Å². The number of hydrogen-bond donors (Lipinski definition) is 2. The third-order valence-corrected chi connectivity index (χ3v) is 2.88. The average molecular weight is 257 g/mol. The predicted octanol–water partition coefficient (Wildman–Crippen LogP) is 0.749. The fourth-order valence-corrected chi connectivity index (χ4v) is 1.75. The van der Waals surface area contributed by atoms with Gasteiger partial charge in [-0.2, -0.15) is 0 Å². The van der Waals surface area contributed by atoms with Gasteiger partial charge in [-0.1, -0.05) is 11.6 Å². The lowest BCUT2D eigenvalue weighted by Gasteiger charge is -2.26. The van der Waals surface area contributed by atoms with Gasteiger partial charge in [0.25, 0.3) is 0 Å². The third-order valence-electron chi connectivity index (χ3n) is 2.59. The maximum atomic E-state index is 5.30. The van der Waals surface area contributed by atoms with E-state index in [2.05, 4.69) is 35.5 Å². The van der Waals surface area contributed by atoms with Gasteiger partial charge in [0.05, 0.1) is 13.2 Å². The first kappa shape index (κ1) is 14.4. The molecule has 1 fully saturated rings. The van der Waals surface area contributed by atoms with Crippen LogP contribution in [0.5, 0.6) is 0 Å². The van der Waals surface area contributed by atoms with Crippen LogP contribution in [0.2, 0.25) is 0 Å². The highest BCUT2D eigenvalue weighted by atomic mass is 32.1. The van der Waals surface area contributed by atoms with Gasteiger partial charge < -0.3 is 15.4 Å². The minimum absolute atomic E-state index is 0.732. The Hall–Kier alpha value is -0.650. The zero-order valence-electron chi connectivity index (χ0n) is 10.8. The fraction of sp³-hybridized carbons (Fsp3) is 0.750. The van der Waals surface area contributed by atoms with Crippen molar-refractivity contribution in [1.82, 2.24) is 15.5 Å².